The number of ether oxygens (including phenoxy) is 1. The van der Waals surface area contributed by atoms with Crippen LogP contribution in [0, 0.1) is 6.92 Å². The molecule has 4 aromatic rings. The average Bonchev–Trinajstić information content (AvgIpc) is 3.24. The Hall–Kier alpha value is -3.86. The minimum absolute atomic E-state index is 0.240. The monoisotopic (exact) mass is 383 g/mol. The van der Waals surface area contributed by atoms with Gasteiger partial charge in [0.2, 0.25) is 0 Å². The van der Waals surface area contributed by atoms with Crippen molar-refractivity contribution < 1.29 is 9.53 Å². The van der Waals surface area contributed by atoms with Crippen molar-refractivity contribution in [3.05, 3.63) is 102 Å². The first kappa shape index (κ1) is 18.5. The lowest BCUT2D eigenvalue weighted by Gasteiger charge is -2.08. The fourth-order valence-electron chi connectivity index (χ4n) is 2.98. The molecule has 1 aromatic heterocycles. The Morgan fingerprint density at radius 3 is 2.34 bits per heavy atom. The summed E-state index contributed by atoms with van der Waals surface area (Å²) < 4.78 is 7.36. The first-order valence-electron chi connectivity index (χ1n) is 9.38. The summed E-state index contributed by atoms with van der Waals surface area (Å²) in [7, 11) is 0. The van der Waals surface area contributed by atoms with Crippen LogP contribution in [-0.2, 0) is 6.73 Å². The van der Waals surface area contributed by atoms with Gasteiger partial charge in [0.15, 0.2) is 12.4 Å². The molecule has 0 aliphatic heterocycles. The maximum atomic E-state index is 12.5. The van der Waals surface area contributed by atoms with Gasteiger partial charge in [-0.25, -0.2) is 4.68 Å². The van der Waals surface area contributed by atoms with E-state index in [1.165, 1.54) is 0 Å². The van der Waals surface area contributed by atoms with Gasteiger partial charge in [-0.3, -0.25) is 4.79 Å². The predicted molar refractivity (Wildman–Crippen MR) is 114 cm³/mol. The van der Waals surface area contributed by atoms with Crippen LogP contribution in [0.5, 0.6) is 5.75 Å². The Morgan fingerprint density at radius 2 is 1.59 bits per heavy atom. The van der Waals surface area contributed by atoms with Crippen molar-refractivity contribution in [2.24, 2.45) is 0 Å². The van der Waals surface area contributed by atoms with Crippen molar-refractivity contribution in [1.82, 2.24) is 9.78 Å². The van der Waals surface area contributed by atoms with Crippen molar-refractivity contribution in [2.75, 3.05) is 5.32 Å². The maximum absolute atomic E-state index is 12.5. The molecular formula is C24H21N3O2. The van der Waals surface area contributed by atoms with Crippen LogP contribution in [0.25, 0.3) is 11.1 Å². The van der Waals surface area contributed by atoms with E-state index < -0.39 is 0 Å². The SMILES string of the molecule is Cc1ccccc1OCn1ccc(C(=O)Nc2ccc(-c3ccccc3)cc2)n1. The van der Waals surface area contributed by atoms with Crippen LogP contribution in [0.15, 0.2) is 91.1 Å². The molecule has 0 aliphatic rings. The Labute approximate surface area is 169 Å². The van der Waals surface area contributed by atoms with Gasteiger partial charge in [-0.1, -0.05) is 60.7 Å². The van der Waals surface area contributed by atoms with Gasteiger partial charge >= 0.3 is 0 Å². The summed E-state index contributed by atoms with van der Waals surface area (Å²) in [6, 6.07) is 27.3. The van der Waals surface area contributed by atoms with Crippen LogP contribution in [0.1, 0.15) is 16.1 Å². The van der Waals surface area contributed by atoms with E-state index in [1.807, 2.05) is 73.7 Å². The number of rotatable bonds is 6. The maximum Gasteiger partial charge on any atom is 0.276 e. The van der Waals surface area contributed by atoms with E-state index in [0.717, 1.165) is 28.1 Å². The molecule has 0 bridgehead atoms. The lowest BCUT2D eigenvalue weighted by molar-refractivity contribution is 0.102. The molecule has 5 heteroatoms. The summed E-state index contributed by atoms with van der Waals surface area (Å²) in [6.07, 6.45) is 1.73. The molecule has 29 heavy (non-hydrogen) atoms. The van der Waals surface area contributed by atoms with Crippen LogP contribution < -0.4 is 10.1 Å². The number of anilines is 1. The summed E-state index contributed by atoms with van der Waals surface area (Å²) in [5.74, 6) is 0.541. The Balaban J connectivity index is 1.37. The standard InChI is InChI=1S/C24H21N3O2/c1-18-7-5-6-10-23(18)29-17-27-16-15-22(26-27)24(28)25-21-13-11-20(12-14-21)19-8-3-2-4-9-19/h2-16H,17H2,1H3,(H,25,28). The fraction of sp³-hybridized carbons (Fsp3) is 0.0833. The van der Waals surface area contributed by atoms with Crippen molar-refractivity contribution in [3.63, 3.8) is 0 Å². The topological polar surface area (TPSA) is 56.1 Å². The Bertz CT molecular complexity index is 1100. The number of benzene rings is 3. The fourth-order valence-corrected chi connectivity index (χ4v) is 2.98. The van der Waals surface area contributed by atoms with Crippen LogP contribution in [0.4, 0.5) is 5.69 Å². The van der Waals surface area contributed by atoms with E-state index >= 15 is 0 Å². The van der Waals surface area contributed by atoms with Gasteiger partial charge in [0.05, 0.1) is 0 Å². The average molecular weight is 383 g/mol. The van der Waals surface area contributed by atoms with E-state index in [9.17, 15) is 4.79 Å². The number of hydrogen-bond donors (Lipinski definition) is 1. The predicted octanol–water partition coefficient (Wildman–Crippen LogP) is 5.15. The summed E-state index contributed by atoms with van der Waals surface area (Å²) in [6.45, 7) is 2.23. The third kappa shape index (κ3) is 4.52. The molecule has 1 amide bonds. The van der Waals surface area contributed by atoms with Crippen molar-refractivity contribution in [1.29, 1.82) is 0 Å². The molecule has 0 fully saturated rings. The van der Waals surface area contributed by atoms with Gasteiger partial charge < -0.3 is 10.1 Å². The third-order valence-corrected chi connectivity index (χ3v) is 4.57. The molecule has 1 N–H and O–H groups in total. The summed E-state index contributed by atoms with van der Waals surface area (Å²) in [5, 5.41) is 7.17. The lowest BCUT2D eigenvalue weighted by atomic mass is 10.1. The van der Waals surface area contributed by atoms with Crippen molar-refractivity contribution in [2.45, 2.75) is 13.7 Å². The molecule has 0 saturated heterocycles. The zero-order chi connectivity index (χ0) is 20.1. The molecule has 0 atom stereocenters. The van der Waals surface area contributed by atoms with Gasteiger partial charge in [-0.05, 0) is 47.9 Å². The molecular weight excluding hydrogens is 362 g/mol. The number of carbonyl (C=O) groups is 1. The molecule has 0 unspecified atom stereocenters. The van der Waals surface area contributed by atoms with E-state index in [4.69, 9.17) is 4.74 Å². The number of carbonyl (C=O) groups excluding carboxylic acids is 1. The molecule has 4 rings (SSSR count). The van der Waals surface area contributed by atoms with Gasteiger partial charge in [-0.15, -0.1) is 0 Å². The van der Waals surface area contributed by atoms with Crippen LogP contribution >= 0.6 is 0 Å². The second-order valence-corrected chi connectivity index (χ2v) is 6.68. The number of amides is 1. The zero-order valence-corrected chi connectivity index (χ0v) is 16.1. The van der Waals surface area contributed by atoms with E-state index in [-0.39, 0.29) is 12.6 Å². The normalized spacial score (nSPS) is 10.5. The third-order valence-electron chi connectivity index (χ3n) is 4.57. The summed E-state index contributed by atoms with van der Waals surface area (Å²) in [5.41, 5.74) is 4.35. The van der Waals surface area contributed by atoms with Crippen molar-refractivity contribution in [3.8, 4) is 16.9 Å². The lowest BCUT2D eigenvalue weighted by Crippen LogP contribution is -2.14. The second kappa shape index (κ2) is 8.44. The smallest absolute Gasteiger partial charge is 0.276 e. The van der Waals surface area contributed by atoms with Crippen LogP contribution in [-0.4, -0.2) is 15.7 Å². The number of aryl methyl sites for hydroxylation is 1. The van der Waals surface area contributed by atoms with Gasteiger partial charge in [0.25, 0.3) is 5.91 Å². The number of hydrogen-bond acceptors (Lipinski definition) is 3. The minimum atomic E-state index is -0.257. The molecule has 3 aromatic carbocycles. The summed E-state index contributed by atoms with van der Waals surface area (Å²) >= 11 is 0. The first-order chi connectivity index (χ1) is 14.2. The second-order valence-electron chi connectivity index (χ2n) is 6.68. The van der Waals surface area contributed by atoms with E-state index in [2.05, 4.69) is 22.5 Å². The number of nitrogens with zero attached hydrogens (tertiary/aromatic N) is 2. The quantitative estimate of drug-likeness (QED) is 0.501. The molecule has 0 saturated carbocycles. The Kier molecular flexibility index (Phi) is 5.38. The molecule has 1 heterocycles. The van der Waals surface area contributed by atoms with Gasteiger partial charge in [0.1, 0.15) is 5.75 Å². The number of nitrogens with one attached hydrogen (secondary N) is 1. The number of aromatic nitrogens is 2. The number of para-hydroxylation sites is 1. The highest BCUT2D eigenvalue weighted by Crippen LogP contribution is 2.21. The largest absolute Gasteiger partial charge is 0.471 e. The van der Waals surface area contributed by atoms with Crippen molar-refractivity contribution >= 4 is 11.6 Å². The van der Waals surface area contributed by atoms with Crippen LogP contribution in [0.2, 0.25) is 0 Å². The van der Waals surface area contributed by atoms with E-state index in [0.29, 0.717) is 5.69 Å². The van der Waals surface area contributed by atoms with Gasteiger partial charge in [0, 0.05) is 11.9 Å². The first-order valence-corrected chi connectivity index (χ1v) is 9.38. The highest BCUT2D eigenvalue weighted by molar-refractivity contribution is 6.02. The highest BCUT2D eigenvalue weighted by Gasteiger charge is 2.10. The van der Waals surface area contributed by atoms with Gasteiger partial charge in [-0.2, -0.15) is 5.10 Å². The molecule has 0 radical (unpaired) electrons. The Morgan fingerprint density at radius 1 is 0.897 bits per heavy atom. The molecule has 0 spiro atoms. The highest BCUT2D eigenvalue weighted by atomic mass is 16.5. The zero-order valence-electron chi connectivity index (χ0n) is 16.1. The van der Waals surface area contributed by atoms with Crippen LogP contribution in [0.3, 0.4) is 0 Å². The molecule has 144 valence electrons. The molecule has 0 aliphatic carbocycles. The summed E-state index contributed by atoms with van der Waals surface area (Å²) in [4.78, 5) is 12.5. The van der Waals surface area contributed by atoms with E-state index in [1.54, 1.807) is 16.9 Å². The minimum Gasteiger partial charge on any atom is -0.471 e. The molecule has 5 nitrogen and oxygen atoms in total.